The first-order valence-electron chi connectivity index (χ1n) is 5.98. The Labute approximate surface area is 113 Å². The molecule has 0 aliphatic heterocycles. The van der Waals surface area contributed by atoms with Gasteiger partial charge in [0.15, 0.2) is 0 Å². The van der Waals surface area contributed by atoms with E-state index in [0.29, 0.717) is 5.69 Å². The van der Waals surface area contributed by atoms with Crippen LogP contribution in [0, 0.1) is 5.41 Å². The number of carbonyl (C=O) groups is 1. The third-order valence-corrected chi connectivity index (χ3v) is 2.57. The lowest BCUT2D eigenvalue weighted by atomic mass is 10.3. The number of urea groups is 1. The maximum atomic E-state index is 12.1. The fourth-order valence-electron chi connectivity index (χ4n) is 1.54. The first-order valence-corrected chi connectivity index (χ1v) is 5.98. The van der Waals surface area contributed by atoms with Crippen molar-refractivity contribution in [2.45, 2.75) is 19.9 Å². The van der Waals surface area contributed by atoms with Crippen LogP contribution in [0.1, 0.15) is 13.8 Å². The molecule has 2 amide bonds. The zero-order chi connectivity index (χ0) is 14.4. The third kappa shape index (κ3) is 4.50. The van der Waals surface area contributed by atoms with Crippen LogP contribution in [0.4, 0.5) is 10.5 Å². The fourth-order valence-corrected chi connectivity index (χ4v) is 1.54. The highest BCUT2D eigenvalue weighted by Gasteiger charge is 2.17. The summed E-state index contributed by atoms with van der Waals surface area (Å²) in [5.74, 6) is 0.682. The van der Waals surface area contributed by atoms with Gasteiger partial charge in [-0.25, -0.2) is 4.79 Å². The third-order valence-electron chi connectivity index (χ3n) is 2.57. The molecule has 0 aliphatic rings. The van der Waals surface area contributed by atoms with Crippen LogP contribution < -0.4 is 15.8 Å². The Bertz CT molecular complexity index is 442. The average molecular weight is 264 g/mol. The number of nitrogens with one attached hydrogen (secondary N) is 2. The minimum Gasteiger partial charge on any atom is -0.497 e. The predicted octanol–water partition coefficient (Wildman–Crippen LogP) is 1.87. The number of amidine groups is 1. The minimum absolute atomic E-state index is 0.0397. The van der Waals surface area contributed by atoms with E-state index in [9.17, 15) is 4.79 Å². The highest BCUT2D eigenvalue weighted by atomic mass is 16.5. The van der Waals surface area contributed by atoms with E-state index >= 15 is 0 Å². The topological polar surface area (TPSA) is 91.4 Å². The molecule has 104 valence electrons. The maximum Gasteiger partial charge on any atom is 0.322 e. The van der Waals surface area contributed by atoms with Crippen LogP contribution in [0.5, 0.6) is 5.75 Å². The molecule has 19 heavy (non-hydrogen) atoms. The molecule has 6 nitrogen and oxygen atoms in total. The van der Waals surface area contributed by atoms with E-state index in [0.717, 1.165) is 5.75 Å². The van der Waals surface area contributed by atoms with E-state index in [4.69, 9.17) is 15.9 Å². The monoisotopic (exact) mass is 264 g/mol. The molecule has 0 bridgehead atoms. The molecule has 0 atom stereocenters. The van der Waals surface area contributed by atoms with Crippen molar-refractivity contribution in [1.29, 1.82) is 5.41 Å². The summed E-state index contributed by atoms with van der Waals surface area (Å²) in [6.45, 7) is 3.85. The highest BCUT2D eigenvalue weighted by Crippen LogP contribution is 2.15. The van der Waals surface area contributed by atoms with E-state index in [-0.39, 0.29) is 24.5 Å². The Balaban J connectivity index is 2.72. The van der Waals surface area contributed by atoms with Gasteiger partial charge in [-0.2, -0.15) is 0 Å². The highest BCUT2D eigenvalue weighted by molar-refractivity contribution is 5.92. The second-order valence-corrected chi connectivity index (χ2v) is 4.41. The number of carbonyl (C=O) groups excluding carboxylic acids is 1. The molecular formula is C13H20N4O2. The molecule has 0 unspecified atom stereocenters. The smallest absolute Gasteiger partial charge is 0.322 e. The van der Waals surface area contributed by atoms with Gasteiger partial charge in [-0.05, 0) is 38.1 Å². The van der Waals surface area contributed by atoms with Crippen molar-refractivity contribution in [3.63, 3.8) is 0 Å². The molecule has 0 fully saturated rings. The Morgan fingerprint density at radius 3 is 2.42 bits per heavy atom. The summed E-state index contributed by atoms with van der Waals surface area (Å²) in [6, 6.07) is 6.71. The molecule has 4 N–H and O–H groups in total. The lowest BCUT2D eigenvalue weighted by molar-refractivity contribution is 0.206. The number of ether oxygens (including phenoxy) is 1. The van der Waals surface area contributed by atoms with Gasteiger partial charge >= 0.3 is 6.03 Å². The average Bonchev–Trinajstić information content (AvgIpc) is 2.36. The Morgan fingerprint density at radius 1 is 1.42 bits per heavy atom. The lowest BCUT2D eigenvalue weighted by Crippen LogP contribution is -2.44. The van der Waals surface area contributed by atoms with Crippen molar-refractivity contribution in [2.75, 3.05) is 19.0 Å². The quantitative estimate of drug-likeness (QED) is 0.560. The molecule has 1 rings (SSSR count). The van der Waals surface area contributed by atoms with Gasteiger partial charge in [0.05, 0.1) is 13.7 Å². The molecule has 0 radical (unpaired) electrons. The molecule has 1 aromatic rings. The van der Waals surface area contributed by atoms with Crippen LogP contribution in [-0.2, 0) is 0 Å². The van der Waals surface area contributed by atoms with E-state index in [2.05, 4.69) is 5.32 Å². The maximum absolute atomic E-state index is 12.1. The van der Waals surface area contributed by atoms with Crippen molar-refractivity contribution < 1.29 is 9.53 Å². The summed E-state index contributed by atoms with van der Waals surface area (Å²) in [7, 11) is 1.58. The van der Waals surface area contributed by atoms with E-state index in [1.807, 2.05) is 13.8 Å². The van der Waals surface area contributed by atoms with Gasteiger partial charge in [0.1, 0.15) is 11.6 Å². The molecule has 6 heteroatoms. The normalized spacial score (nSPS) is 10.1. The summed E-state index contributed by atoms with van der Waals surface area (Å²) in [6.07, 6.45) is 0. The lowest BCUT2D eigenvalue weighted by Gasteiger charge is -2.26. The molecule has 0 saturated heterocycles. The fraction of sp³-hybridized carbons (Fsp3) is 0.385. The SMILES string of the molecule is COc1ccc(NC(=O)N(CC(=N)N)C(C)C)cc1. The number of methoxy groups -OCH3 is 1. The van der Waals surface area contributed by atoms with Crippen LogP contribution in [-0.4, -0.2) is 36.5 Å². The van der Waals surface area contributed by atoms with Crippen LogP contribution in [0.25, 0.3) is 0 Å². The first-order chi connectivity index (χ1) is 8.93. The number of hydrogen-bond acceptors (Lipinski definition) is 3. The summed E-state index contributed by atoms with van der Waals surface area (Å²) in [5.41, 5.74) is 6.01. The van der Waals surface area contributed by atoms with Crippen LogP contribution in [0.3, 0.4) is 0 Å². The first kappa shape index (κ1) is 14.8. The predicted molar refractivity (Wildman–Crippen MR) is 75.8 cm³/mol. The van der Waals surface area contributed by atoms with Gasteiger partial charge in [-0.1, -0.05) is 0 Å². The van der Waals surface area contributed by atoms with Gasteiger partial charge in [0.25, 0.3) is 0 Å². The Morgan fingerprint density at radius 2 is 2.00 bits per heavy atom. The molecule has 0 heterocycles. The van der Waals surface area contributed by atoms with Gasteiger partial charge in [-0.3, -0.25) is 5.41 Å². The van der Waals surface area contributed by atoms with Crippen LogP contribution in [0.2, 0.25) is 0 Å². The zero-order valence-corrected chi connectivity index (χ0v) is 11.4. The van der Waals surface area contributed by atoms with Crippen molar-refractivity contribution in [3.05, 3.63) is 24.3 Å². The number of amides is 2. The number of nitrogens with two attached hydrogens (primary N) is 1. The molecule has 0 spiro atoms. The minimum atomic E-state index is -0.282. The van der Waals surface area contributed by atoms with Gasteiger partial charge in [-0.15, -0.1) is 0 Å². The number of benzene rings is 1. The second kappa shape index (κ2) is 6.63. The van der Waals surface area contributed by atoms with E-state index < -0.39 is 0 Å². The van der Waals surface area contributed by atoms with Gasteiger partial charge in [0, 0.05) is 11.7 Å². The van der Waals surface area contributed by atoms with Crippen molar-refractivity contribution in [1.82, 2.24) is 4.90 Å². The number of hydrogen-bond donors (Lipinski definition) is 3. The molecule has 1 aromatic carbocycles. The Kier molecular flexibility index (Phi) is 5.17. The van der Waals surface area contributed by atoms with Crippen molar-refractivity contribution in [2.24, 2.45) is 5.73 Å². The zero-order valence-electron chi connectivity index (χ0n) is 11.4. The molecular weight excluding hydrogens is 244 g/mol. The number of nitrogens with zero attached hydrogens (tertiary/aromatic N) is 1. The number of rotatable bonds is 5. The van der Waals surface area contributed by atoms with Crippen molar-refractivity contribution >= 4 is 17.6 Å². The largest absolute Gasteiger partial charge is 0.497 e. The van der Waals surface area contributed by atoms with Gasteiger partial charge in [0.2, 0.25) is 0 Å². The van der Waals surface area contributed by atoms with Crippen molar-refractivity contribution in [3.8, 4) is 5.75 Å². The second-order valence-electron chi connectivity index (χ2n) is 4.41. The summed E-state index contributed by atoms with van der Waals surface area (Å²) in [4.78, 5) is 13.6. The Hall–Kier alpha value is -2.24. The van der Waals surface area contributed by atoms with E-state index in [1.165, 1.54) is 4.90 Å². The summed E-state index contributed by atoms with van der Waals surface area (Å²) >= 11 is 0. The van der Waals surface area contributed by atoms with E-state index in [1.54, 1.807) is 31.4 Å². The van der Waals surface area contributed by atoms with Crippen LogP contribution >= 0.6 is 0 Å². The molecule has 0 saturated carbocycles. The van der Waals surface area contributed by atoms with Gasteiger partial charge < -0.3 is 20.7 Å². The summed E-state index contributed by atoms with van der Waals surface area (Å²) < 4.78 is 5.04. The number of anilines is 1. The molecule has 0 aromatic heterocycles. The van der Waals surface area contributed by atoms with Crippen LogP contribution in [0.15, 0.2) is 24.3 Å². The standard InChI is InChI=1S/C13H20N4O2/c1-9(2)17(8-12(14)15)13(18)16-10-4-6-11(19-3)7-5-10/h4-7,9H,8H2,1-3H3,(H3,14,15)(H,16,18). The summed E-state index contributed by atoms with van der Waals surface area (Å²) in [5, 5.41) is 10.0. The molecule has 0 aliphatic carbocycles.